The number of nitrogens with two attached hydrogens (primary N) is 1. The maximum Gasteiger partial charge on any atom is 0.245 e. The Morgan fingerprint density at radius 2 is 2.18 bits per heavy atom. The highest BCUT2D eigenvalue weighted by molar-refractivity contribution is 5.99. The molecule has 1 aliphatic carbocycles. The van der Waals surface area contributed by atoms with E-state index in [4.69, 9.17) is 15.2 Å². The Morgan fingerprint density at radius 3 is 2.68 bits per heavy atom. The Labute approximate surface area is 130 Å². The normalized spacial score (nSPS) is 26.2. The minimum Gasteiger partial charge on any atom is -0.494 e. The van der Waals surface area contributed by atoms with Gasteiger partial charge in [-0.25, -0.2) is 4.39 Å². The fraction of sp³-hybridized carbons (Fsp3) is 0.562. The van der Waals surface area contributed by atoms with E-state index < -0.39 is 16.8 Å². The summed E-state index contributed by atoms with van der Waals surface area (Å²) in [7, 11) is 1.39. The number of hydrogen-bond donors (Lipinski definition) is 2. The van der Waals surface area contributed by atoms with Gasteiger partial charge in [0, 0.05) is 30.2 Å². The molecule has 1 saturated carbocycles. The molecule has 3 N–H and O–H groups in total. The SMILES string of the molecule is CCOC1CC(N)(C(=O)Nc2ccc(OC)c(F)c2)C1(C)C. The van der Waals surface area contributed by atoms with Gasteiger partial charge in [-0.2, -0.15) is 0 Å². The first-order chi connectivity index (χ1) is 10.3. The molecule has 0 saturated heterocycles. The number of carbonyl (C=O) groups excluding carboxylic acids is 1. The van der Waals surface area contributed by atoms with Gasteiger partial charge in [0.25, 0.3) is 0 Å². The van der Waals surface area contributed by atoms with Crippen molar-refractivity contribution >= 4 is 11.6 Å². The van der Waals surface area contributed by atoms with Crippen LogP contribution in [0.2, 0.25) is 0 Å². The van der Waals surface area contributed by atoms with E-state index in [0.717, 1.165) is 0 Å². The molecule has 1 fully saturated rings. The van der Waals surface area contributed by atoms with Gasteiger partial charge in [0.05, 0.1) is 13.2 Å². The van der Waals surface area contributed by atoms with Gasteiger partial charge >= 0.3 is 0 Å². The van der Waals surface area contributed by atoms with Crippen molar-refractivity contribution in [3.63, 3.8) is 0 Å². The maximum atomic E-state index is 13.7. The zero-order valence-electron chi connectivity index (χ0n) is 13.4. The summed E-state index contributed by atoms with van der Waals surface area (Å²) < 4.78 is 24.1. The second-order valence-electron chi connectivity index (χ2n) is 6.14. The highest BCUT2D eigenvalue weighted by atomic mass is 19.1. The molecule has 0 spiro atoms. The summed E-state index contributed by atoms with van der Waals surface area (Å²) >= 11 is 0. The zero-order chi connectivity index (χ0) is 16.5. The van der Waals surface area contributed by atoms with Gasteiger partial charge in [0.15, 0.2) is 11.6 Å². The molecule has 1 aliphatic rings. The Morgan fingerprint density at radius 1 is 1.50 bits per heavy atom. The molecule has 6 heteroatoms. The number of halogens is 1. The number of rotatable bonds is 5. The van der Waals surface area contributed by atoms with Gasteiger partial charge in [0.1, 0.15) is 5.54 Å². The molecule has 0 aliphatic heterocycles. The summed E-state index contributed by atoms with van der Waals surface area (Å²) in [5.74, 6) is -0.745. The monoisotopic (exact) mass is 310 g/mol. The van der Waals surface area contributed by atoms with Crippen LogP contribution in [-0.4, -0.2) is 31.3 Å². The average molecular weight is 310 g/mol. The van der Waals surface area contributed by atoms with Crippen molar-refractivity contribution in [3.8, 4) is 5.75 Å². The minimum atomic E-state index is -1.04. The van der Waals surface area contributed by atoms with Crippen molar-refractivity contribution in [1.29, 1.82) is 0 Å². The minimum absolute atomic E-state index is 0.0548. The van der Waals surface area contributed by atoms with E-state index in [1.165, 1.54) is 19.2 Å². The van der Waals surface area contributed by atoms with Crippen molar-refractivity contribution in [2.45, 2.75) is 38.8 Å². The van der Waals surface area contributed by atoms with E-state index >= 15 is 0 Å². The van der Waals surface area contributed by atoms with Crippen LogP contribution in [0.5, 0.6) is 5.75 Å². The maximum absolute atomic E-state index is 13.7. The van der Waals surface area contributed by atoms with Gasteiger partial charge < -0.3 is 20.5 Å². The molecule has 122 valence electrons. The second kappa shape index (κ2) is 5.85. The number of carbonyl (C=O) groups is 1. The third-order valence-electron chi connectivity index (χ3n) is 4.64. The first-order valence-corrected chi connectivity index (χ1v) is 7.31. The van der Waals surface area contributed by atoms with Crippen LogP contribution in [0.25, 0.3) is 0 Å². The quantitative estimate of drug-likeness (QED) is 0.875. The predicted octanol–water partition coefficient (Wildman–Crippen LogP) is 2.31. The molecule has 0 radical (unpaired) electrons. The van der Waals surface area contributed by atoms with Crippen LogP contribution in [0.4, 0.5) is 10.1 Å². The second-order valence-corrected chi connectivity index (χ2v) is 6.14. The van der Waals surface area contributed by atoms with Crippen molar-refractivity contribution in [2.24, 2.45) is 11.1 Å². The third kappa shape index (κ3) is 2.57. The van der Waals surface area contributed by atoms with Gasteiger partial charge in [-0.15, -0.1) is 0 Å². The molecular weight excluding hydrogens is 287 g/mol. The van der Waals surface area contributed by atoms with Gasteiger partial charge in [-0.3, -0.25) is 4.79 Å². The number of hydrogen-bond acceptors (Lipinski definition) is 4. The van der Waals surface area contributed by atoms with E-state index in [-0.39, 0.29) is 17.8 Å². The molecule has 2 rings (SSSR count). The van der Waals surface area contributed by atoms with Crippen LogP contribution in [0, 0.1) is 11.2 Å². The number of nitrogens with one attached hydrogen (secondary N) is 1. The van der Waals surface area contributed by atoms with E-state index in [9.17, 15) is 9.18 Å². The molecular formula is C16H23FN2O3. The molecule has 0 bridgehead atoms. The van der Waals surface area contributed by atoms with Crippen molar-refractivity contribution in [1.82, 2.24) is 0 Å². The fourth-order valence-corrected chi connectivity index (χ4v) is 2.81. The average Bonchev–Trinajstić information content (AvgIpc) is 2.47. The summed E-state index contributed by atoms with van der Waals surface area (Å²) in [6, 6.07) is 4.25. The third-order valence-corrected chi connectivity index (χ3v) is 4.64. The van der Waals surface area contributed by atoms with E-state index in [1.54, 1.807) is 6.07 Å². The Bertz CT molecular complexity index is 577. The van der Waals surface area contributed by atoms with Gasteiger partial charge in [-0.1, -0.05) is 13.8 Å². The molecule has 1 amide bonds. The summed E-state index contributed by atoms with van der Waals surface area (Å²) in [5.41, 5.74) is 5.10. The van der Waals surface area contributed by atoms with Crippen LogP contribution >= 0.6 is 0 Å². The number of methoxy groups -OCH3 is 1. The Hall–Kier alpha value is -1.66. The van der Waals surface area contributed by atoms with Crippen molar-refractivity contribution in [3.05, 3.63) is 24.0 Å². The molecule has 0 aromatic heterocycles. The van der Waals surface area contributed by atoms with Crippen molar-refractivity contribution < 1.29 is 18.7 Å². The summed E-state index contributed by atoms with van der Waals surface area (Å²) in [6.45, 7) is 6.30. The number of amides is 1. The molecule has 0 heterocycles. The lowest BCUT2D eigenvalue weighted by Gasteiger charge is -2.57. The molecule has 1 aromatic carbocycles. The lowest BCUT2D eigenvalue weighted by molar-refractivity contribution is -0.166. The Kier molecular flexibility index (Phi) is 4.44. The molecule has 5 nitrogen and oxygen atoms in total. The molecule has 2 atom stereocenters. The molecule has 2 unspecified atom stereocenters. The first-order valence-electron chi connectivity index (χ1n) is 7.31. The number of anilines is 1. The summed E-state index contributed by atoms with van der Waals surface area (Å²) in [6.07, 6.45) is 0.388. The standard InChI is InChI=1S/C16H23FN2O3/c1-5-22-13-9-16(18,15(13,2)3)14(20)19-10-6-7-12(21-4)11(17)8-10/h6-8,13H,5,9,18H2,1-4H3,(H,19,20). The van der Waals surface area contributed by atoms with Gasteiger partial charge in [0.2, 0.25) is 5.91 Å². The fourth-order valence-electron chi connectivity index (χ4n) is 2.81. The lowest BCUT2D eigenvalue weighted by Crippen LogP contribution is -2.74. The highest BCUT2D eigenvalue weighted by Crippen LogP contribution is 2.50. The van der Waals surface area contributed by atoms with Crippen LogP contribution in [0.3, 0.4) is 0 Å². The topological polar surface area (TPSA) is 73.6 Å². The van der Waals surface area contributed by atoms with E-state index in [2.05, 4.69) is 5.32 Å². The highest BCUT2D eigenvalue weighted by Gasteiger charge is 2.62. The number of benzene rings is 1. The first kappa shape index (κ1) is 16.7. The van der Waals surface area contributed by atoms with E-state index in [0.29, 0.717) is 18.7 Å². The summed E-state index contributed by atoms with van der Waals surface area (Å²) in [4.78, 5) is 12.5. The van der Waals surface area contributed by atoms with Crippen LogP contribution in [0.15, 0.2) is 18.2 Å². The van der Waals surface area contributed by atoms with Gasteiger partial charge in [-0.05, 0) is 19.1 Å². The largest absolute Gasteiger partial charge is 0.494 e. The zero-order valence-corrected chi connectivity index (χ0v) is 13.4. The van der Waals surface area contributed by atoms with Crippen LogP contribution in [0.1, 0.15) is 27.2 Å². The van der Waals surface area contributed by atoms with E-state index in [1.807, 2.05) is 20.8 Å². The predicted molar refractivity (Wildman–Crippen MR) is 82.3 cm³/mol. The molecule has 22 heavy (non-hydrogen) atoms. The smallest absolute Gasteiger partial charge is 0.245 e. The van der Waals surface area contributed by atoms with Crippen molar-refractivity contribution in [2.75, 3.05) is 19.0 Å². The lowest BCUT2D eigenvalue weighted by atomic mass is 9.54. The summed E-state index contributed by atoms with van der Waals surface area (Å²) in [5, 5.41) is 2.68. The van der Waals surface area contributed by atoms with Crippen LogP contribution in [-0.2, 0) is 9.53 Å². The molecule has 1 aromatic rings. The van der Waals surface area contributed by atoms with Crippen LogP contribution < -0.4 is 15.8 Å². The Balaban J connectivity index is 2.11. The number of ether oxygens (including phenoxy) is 2.